The van der Waals surface area contributed by atoms with Crippen LogP contribution in [0.15, 0.2) is 38.3 Å². The highest BCUT2D eigenvalue weighted by molar-refractivity contribution is 9.10. The molecule has 5 nitrogen and oxygen atoms in total. The van der Waals surface area contributed by atoms with Crippen LogP contribution in [-0.2, 0) is 6.54 Å². The van der Waals surface area contributed by atoms with Crippen molar-refractivity contribution in [1.82, 2.24) is 9.55 Å². The van der Waals surface area contributed by atoms with Gasteiger partial charge in [-0.15, -0.1) is 0 Å². The summed E-state index contributed by atoms with van der Waals surface area (Å²) in [6.45, 7) is 2.27. The molecule has 0 saturated heterocycles. The molecular weight excluding hydrogens is 356 g/mol. The fourth-order valence-electron chi connectivity index (χ4n) is 1.96. The molecule has 112 valence electrons. The Morgan fingerprint density at radius 3 is 2.76 bits per heavy atom. The summed E-state index contributed by atoms with van der Waals surface area (Å²) in [5.74, 6) is -0.303. The van der Waals surface area contributed by atoms with Crippen LogP contribution < -0.4 is 11.2 Å². The van der Waals surface area contributed by atoms with Crippen molar-refractivity contribution < 1.29 is 5.11 Å². The molecule has 2 rings (SSSR count). The first-order valence-corrected chi connectivity index (χ1v) is 8.37. The van der Waals surface area contributed by atoms with E-state index in [1.54, 1.807) is 30.0 Å². The van der Waals surface area contributed by atoms with E-state index in [1.165, 1.54) is 4.57 Å². The monoisotopic (exact) mass is 370 g/mol. The summed E-state index contributed by atoms with van der Waals surface area (Å²) in [5.41, 5.74) is -0.543. The quantitative estimate of drug-likeness (QED) is 0.866. The zero-order chi connectivity index (χ0) is 15.6. The summed E-state index contributed by atoms with van der Waals surface area (Å²) in [4.78, 5) is 26.2. The van der Waals surface area contributed by atoms with Crippen molar-refractivity contribution in [3.8, 4) is 17.0 Å². The first-order chi connectivity index (χ1) is 9.93. The molecule has 0 aliphatic carbocycles. The zero-order valence-corrected chi connectivity index (χ0v) is 14.0. The smallest absolute Gasteiger partial charge is 0.331 e. The summed E-state index contributed by atoms with van der Waals surface area (Å²) in [7, 11) is 0. The number of rotatable bonds is 4. The lowest BCUT2D eigenvalue weighted by molar-refractivity contribution is 0.403. The third-order valence-corrected chi connectivity index (χ3v) is 4.57. The summed E-state index contributed by atoms with van der Waals surface area (Å²) in [6.07, 6.45) is 1.92. The number of hydrogen-bond donors (Lipinski definition) is 2. The summed E-state index contributed by atoms with van der Waals surface area (Å²) >= 11 is 4.90. The number of thioether (sulfide) groups is 1. The lowest BCUT2D eigenvalue weighted by atomic mass is 10.1. The fourth-order valence-corrected chi connectivity index (χ4v) is 2.66. The molecule has 0 spiro atoms. The second-order valence-electron chi connectivity index (χ2n) is 4.63. The number of nitrogens with zero attached hydrogens (tertiary/aromatic N) is 1. The van der Waals surface area contributed by atoms with Crippen LogP contribution in [0.4, 0.5) is 0 Å². The normalized spacial score (nSPS) is 12.3. The van der Waals surface area contributed by atoms with Gasteiger partial charge in [-0.05, 0) is 24.0 Å². The molecule has 0 saturated carbocycles. The molecule has 1 aromatic heterocycles. The third-order valence-electron chi connectivity index (χ3n) is 3.13. The molecule has 1 atom stereocenters. The molecule has 21 heavy (non-hydrogen) atoms. The Balaban J connectivity index is 2.65. The number of halogens is 1. The van der Waals surface area contributed by atoms with Gasteiger partial charge in [0.15, 0.2) is 0 Å². The van der Waals surface area contributed by atoms with Crippen LogP contribution in [0.5, 0.6) is 5.88 Å². The van der Waals surface area contributed by atoms with Gasteiger partial charge in [-0.1, -0.05) is 35.0 Å². The SMILES string of the molecule is CSC(C)Cn1c(O)c(-c2cccc(Br)c2)c(=O)[nH]c1=O. The highest BCUT2D eigenvalue weighted by Gasteiger charge is 2.17. The van der Waals surface area contributed by atoms with Crippen molar-refractivity contribution >= 4 is 27.7 Å². The number of nitrogens with one attached hydrogen (secondary N) is 1. The van der Waals surface area contributed by atoms with Gasteiger partial charge in [-0.2, -0.15) is 11.8 Å². The maximum atomic E-state index is 12.0. The maximum Gasteiger partial charge on any atom is 0.331 e. The Hall–Kier alpha value is -1.47. The number of benzene rings is 1. The van der Waals surface area contributed by atoms with Gasteiger partial charge in [0, 0.05) is 16.3 Å². The molecule has 0 aliphatic rings. The van der Waals surface area contributed by atoms with Crippen molar-refractivity contribution in [3.05, 3.63) is 49.6 Å². The first-order valence-electron chi connectivity index (χ1n) is 6.29. The molecule has 1 unspecified atom stereocenters. The van der Waals surface area contributed by atoms with Gasteiger partial charge >= 0.3 is 5.69 Å². The minimum Gasteiger partial charge on any atom is -0.494 e. The van der Waals surface area contributed by atoms with Gasteiger partial charge in [0.2, 0.25) is 5.88 Å². The van der Waals surface area contributed by atoms with Crippen molar-refractivity contribution in [3.63, 3.8) is 0 Å². The van der Waals surface area contributed by atoms with Gasteiger partial charge in [-0.3, -0.25) is 14.3 Å². The third kappa shape index (κ3) is 3.41. The highest BCUT2D eigenvalue weighted by Crippen LogP contribution is 2.27. The zero-order valence-electron chi connectivity index (χ0n) is 11.6. The summed E-state index contributed by atoms with van der Waals surface area (Å²) in [6, 6.07) is 7.01. The largest absolute Gasteiger partial charge is 0.494 e. The van der Waals surface area contributed by atoms with Gasteiger partial charge in [0.25, 0.3) is 5.56 Å². The molecule has 2 N–H and O–H groups in total. The fraction of sp³-hybridized carbons (Fsp3) is 0.286. The lowest BCUT2D eigenvalue weighted by Gasteiger charge is -2.14. The Kier molecular flexibility index (Phi) is 4.95. The van der Waals surface area contributed by atoms with Gasteiger partial charge in [0.05, 0.1) is 0 Å². The Labute approximate surface area is 134 Å². The van der Waals surface area contributed by atoms with E-state index < -0.39 is 11.2 Å². The van der Waals surface area contributed by atoms with E-state index >= 15 is 0 Å². The molecule has 0 bridgehead atoms. The second kappa shape index (κ2) is 6.53. The number of aromatic nitrogens is 2. The van der Waals surface area contributed by atoms with Crippen LogP contribution in [0.25, 0.3) is 11.1 Å². The van der Waals surface area contributed by atoms with E-state index in [2.05, 4.69) is 20.9 Å². The maximum absolute atomic E-state index is 12.0. The van der Waals surface area contributed by atoms with Gasteiger partial charge in [-0.25, -0.2) is 4.79 Å². The molecule has 7 heteroatoms. The van der Waals surface area contributed by atoms with Crippen molar-refractivity contribution in [2.45, 2.75) is 18.7 Å². The molecule has 0 radical (unpaired) electrons. The predicted octanol–water partition coefficient (Wildman–Crippen LogP) is 2.42. The van der Waals surface area contributed by atoms with Crippen LogP contribution in [0.3, 0.4) is 0 Å². The Morgan fingerprint density at radius 1 is 1.43 bits per heavy atom. The van der Waals surface area contributed by atoms with Gasteiger partial charge < -0.3 is 5.11 Å². The van der Waals surface area contributed by atoms with Crippen LogP contribution in [0.1, 0.15) is 6.92 Å². The standard InChI is InChI=1S/C14H15BrN2O3S/c1-8(21-2)7-17-13(19)11(12(18)16-14(17)20)9-4-3-5-10(15)6-9/h3-6,8,19H,7H2,1-2H3,(H,16,18,20). The van der Waals surface area contributed by atoms with E-state index in [4.69, 9.17) is 0 Å². The second-order valence-corrected chi connectivity index (χ2v) is 6.82. The van der Waals surface area contributed by atoms with E-state index in [9.17, 15) is 14.7 Å². The van der Waals surface area contributed by atoms with Crippen LogP contribution in [0.2, 0.25) is 0 Å². The molecule has 1 aromatic carbocycles. The lowest BCUT2D eigenvalue weighted by Crippen LogP contribution is -2.32. The van der Waals surface area contributed by atoms with Crippen LogP contribution >= 0.6 is 27.7 Å². The van der Waals surface area contributed by atoms with E-state index in [0.717, 1.165) is 4.47 Å². The average molecular weight is 371 g/mol. The van der Waals surface area contributed by atoms with Crippen molar-refractivity contribution in [2.24, 2.45) is 0 Å². The van der Waals surface area contributed by atoms with Crippen LogP contribution in [0, 0.1) is 0 Å². The minimum atomic E-state index is -0.600. The van der Waals surface area contributed by atoms with Gasteiger partial charge in [0.1, 0.15) is 5.56 Å². The number of aromatic amines is 1. The summed E-state index contributed by atoms with van der Waals surface area (Å²) in [5, 5.41) is 10.5. The van der Waals surface area contributed by atoms with Crippen molar-refractivity contribution in [2.75, 3.05) is 6.26 Å². The van der Waals surface area contributed by atoms with Crippen molar-refractivity contribution in [1.29, 1.82) is 0 Å². The first kappa shape index (κ1) is 15.9. The molecule has 1 heterocycles. The molecular formula is C14H15BrN2O3S. The molecule has 0 aliphatic heterocycles. The topological polar surface area (TPSA) is 75.1 Å². The van der Waals surface area contributed by atoms with Crippen LogP contribution in [-0.4, -0.2) is 26.2 Å². The number of hydrogen-bond acceptors (Lipinski definition) is 4. The summed E-state index contributed by atoms with van der Waals surface area (Å²) < 4.78 is 1.98. The molecule has 2 aromatic rings. The molecule has 0 amide bonds. The van der Waals surface area contributed by atoms with E-state index in [0.29, 0.717) is 12.1 Å². The predicted molar refractivity (Wildman–Crippen MR) is 89.1 cm³/mol. The van der Waals surface area contributed by atoms with E-state index in [1.807, 2.05) is 19.2 Å². The Morgan fingerprint density at radius 2 is 2.14 bits per heavy atom. The molecule has 0 fully saturated rings. The average Bonchev–Trinajstić information content (AvgIpc) is 2.43. The minimum absolute atomic E-state index is 0.101. The number of aromatic hydroxyl groups is 1. The Bertz CT molecular complexity index is 770. The highest BCUT2D eigenvalue weighted by atomic mass is 79.9. The number of H-pyrrole nitrogens is 1. The van der Waals surface area contributed by atoms with E-state index in [-0.39, 0.29) is 16.7 Å².